The van der Waals surface area contributed by atoms with Crippen LogP contribution in [0.2, 0.25) is 0 Å². The summed E-state index contributed by atoms with van der Waals surface area (Å²) in [5.41, 5.74) is 3.41. The van der Waals surface area contributed by atoms with E-state index in [1.807, 2.05) is 0 Å². The quantitative estimate of drug-likeness (QED) is 0.438. The number of ether oxygens (including phenoxy) is 3. The lowest BCUT2D eigenvalue weighted by Crippen LogP contribution is -2.31. The minimum atomic E-state index is -0.608. The van der Waals surface area contributed by atoms with Gasteiger partial charge in [0, 0.05) is 11.1 Å². The minimum Gasteiger partial charge on any atom is -0.492 e. The van der Waals surface area contributed by atoms with Gasteiger partial charge in [-0.1, -0.05) is 30.3 Å². The molecule has 2 aliphatic heterocycles. The molecule has 2 aliphatic rings. The Labute approximate surface area is 193 Å². The summed E-state index contributed by atoms with van der Waals surface area (Å²) >= 11 is 7.07. The van der Waals surface area contributed by atoms with Gasteiger partial charge in [0.15, 0.2) is 23.3 Å². The maximum absolute atomic E-state index is 13.7. The third kappa shape index (κ3) is 3.87. The van der Waals surface area contributed by atoms with Gasteiger partial charge in [0.25, 0.3) is 5.91 Å². The van der Waals surface area contributed by atoms with Crippen molar-refractivity contribution in [1.29, 1.82) is 0 Å². The van der Waals surface area contributed by atoms with E-state index in [9.17, 15) is 9.18 Å². The first-order chi connectivity index (χ1) is 14.9. The molecular weight excluding hydrogens is 541 g/mol. The highest BCUT2D eigenvalue weighted by Gasteiger charge is 2.41. The number of carbonyl (C=O) groups excluding carboxylic acids is 1. The standard InChI is InChI=1S/C20H16Br2FN3O5/c1-9-15(20(27)25-24-7-10-5-3-4-6-11(10)23)26-31-16(9)12-13(21)17(28-2)19-18(14(12)22)29-8-30-19/h3-7,9,16H,8H2,1-2H3,(H,25,27)/b24-7-/t9-,16+/m1/s1. The number of hydrogen-bond acceptors (Lipinski definition) is 7. The summed E-state index contributed by atoms with van der Waals surface area (Å²) in [7, 11) is 1.52. The predicted molar refractivity (Wildman–Crippen MR) is 117 cm³/mol. The molecule has 0 fully saturated rings. The lowest BCUT2D eigenvalue weighted by atomic mass is 9.93. The maximum Gasteiger partial charge on any atom is 0.289 e. The average molecular weight is 557 g/mol. The minimum absolute atomic E-state index is 0.0609. The van der Waals surface area contributed by atoms with E-state index in [0.29, 0.717) is 31.8 Å². The molecule has 11 heteroatoms. The Hall–Kier alpha value is -2.66. The molecular formula is C20H16Br2FN3O5. The normalized spacial score (nSPS) is 19.3. The second kappa shape index (κ2) is 8.83. The molecule has 0 radical (unpaired) electrons. The van der Waals surface area contributed by atoms with Crippen molar-refractivity contribution in [3.63, 3.8) is 0 Å². The Morgan fingerprint density at radius 3 is 2.77 bits per heavy atom. The third-order valence-electron chi connectivity index (χ3n) is 4.84. The molecule has 0 unspecified atom stereocenters. The van der Waals surface area contributed by atoms with Crippen LogP contribution >= 0.6 is 31.9 Å². The Bertz CT molecular complexity index is 1110. The van der Waals surface area contributed by atoms with Gasteiger partial charge in [0.2, 0.25) is 12.5 Å². The van der Waals surface area contributed by atoms with Gasteiger partial charge >= 0.3 is 0 Å². The number of nitrogens with zero attached hydrogens (tertiary/aromatic N) is 2. The van der Waals surface area contributed by atoms with Crippen LogP contribution in [0.4, 0.5) is 4.39 Å². The van der Waals surface area contributed by atoms with Crippen LogP contribution in [0.1, 0.15) is 24.2 Å². The Kier molecular flexibility index (Phi) is 6.15. The third-order valence-corrected chi connectivity index (χ3v) is 6.41. The predicted octanol–water partition coefficient (Wildman–Crippen LogP) is 4.30. The number of benzene rings is 2. The van der Waals surface area contributed by atoms with Crippen LogP contribution in [0.25, 0.3) is 0 Å². The van der Waals surface area contributed by atoms with Crippen LogP contribution in [0, 0.1) is 11.7 Å². The number of oxime groups is 1. The lowest BCUT2D eigenvalue weighted by Gasteiger charge is -2.20. The molecule has 0 saturated heterocycles. The van der Waals surface area contributed by atoms with Crippen molar-refractivity contribution >= 4 is 49.7 Å². The highest BCUT2D eigenvalue weighted by Crippen LogP contribution is 2.55. The molecule has 0 spiro atoms. The molecule has 162 valence electrons. The summed E-state index contributed by atoms with van der Waals surface area (Å²) in [6.45, 7) is 1.86. The molecule has 4 rings (SSSR count). The van der Waals surface area contributed by atoms with Gasteiger partial charge in [-0.25, -0.2) is 9.82 Å². The molecule has 0 aliphatic carbocycles. The summed E-state index contributed by atoms with van der Waals surface area (Å²) in [5, 5.41) is 7.76. The lowest BCUT2D eigenvalue weighted by molar-refractivity contribution is -0.115. The maximum atomic E-state index is 13.7. The van der Waals surface area contributed by atoms with Gasteiger partial charge in [-0.05, 0) is 37.9 Å². The number of hydrogen-bond donors (Lipinski definition) is 1. The van der Waals surface area contributed by atoms with E-state index >= 15 is 0 Å². The molecule has 0 saturated carbocycles. The van der Waals surface area contributed by atoms with Crippen molar-refractivity contribution < 1.29 is 28.2 Å². The monoisotopic (exact) mass is 555 g/mol. The van der Waals surface area contributed by atoms with Crippen LogP contribution in [0.5, 0.6) is 17.2 Å². The summed E-state index contributed by atoms with van der Waals surface area (Å²) in [6, 6.07) is 6.09. The van der Waals surface area contributed by atoms with Crippen LogP contribution in [-0.2, 0) is 9.63 Å². The van der Waals surface area contributed by atoms with Crippen molar-refractivity contribution in [3.8, 4) is 17.2 Å². The number of amides is 1. The Morgan fingerprint density at radius 1 is 1.29 bits per heavy atom. The largest absolute Gasteiger partial charge is 0.492 e. The summed E-state index contributed by atoms with van der Waals surface area (Å²) in [4.78, 5) is 18.2. The van der Waals surface area contributed by atoms with Crippen LogP contribution in [0.3, 0.4) is 0 Å². The van der Waals surface area contributed by atoms with Crippen molar-refractivity contribution in [2.24, 2.45) is 16.2 Å². The molecule has 1 N–H and O–H groups in total. The van der Waals surface area contributed by atoms with E-state index in [-0.39, 0.29) is 18.1 Å². The van der Waals surface area contributed by atoms with Crippen molar-refractivity contribution in [2.75, 3.05) is 13.9 Å². The van der Waals surface area contributed by atoms with Gasteiger partial charge in [-0.15, -0.1) is 0 Å². The number of hydrazone groups is 1. The van der Waals surface area contributed by atoms with E-state index < -0.39 is 23.7 Å². The first-order valence-corrected chi connectivity index (χ1v) is 10.7. The molecule has 1 amide bonds. The van der Waals surface area contributed by atoms with Crippen molar-refractivity contribution in [3.05, 3.63) is 50.2 Å². The number of rotatable bonds is 5. The van der Waals surface area contributed by atoms with Crippen LogP contribution in [0.15, 0.2) is 43.5 Å². The molecule has 2 atom stereocenters. The Balaban J connectivity index is 1.54. The van der Waals surface area contributed by atoms with Crippen LogP contribution in [-0.4, -0.2) is 31.7 Å². The number of carbonyl (C=O) groups is 1. The van der Waals surface area contributed by atoms with E-state index in [4.69, 9.17) is 19.0 Å². The number of nitrogens with one attached hydrogen (secondary N) is 1. The summed E-state index contributed by atoms with van der Waals surface area (Å²) in [5.74, 6) is -0.0186. The van der Waals surface area contributed by atoms with E-state index in [1.54, 1.807) is 25.1 Å². The molecule has 2 heterocycles. The zero-order chi connectivity index (χ0) is 22.1. The van der Waals surface area contributed by atoms with Gasteiger partial charge in [-0.2, -0.15) is 5.10 Å². The first-order valence-electron chi connectivity index (χ1n) is 9.10. The van der Waals surface area contributed by atoms with E-state index in [0.717, 1.165) is 0 Å². The summed E-state index contributed by atoms with van der Waals surface area (Å²) in [6.07, 6.45) is 0.616. The van der Waals surface area contributed by atoms with Gasteiger partial charge in [-0.3, -0.25) is 4.79 Å². The zero-order valence-electron chi connectivity index (χ0n) is 16.3. The van der Waals surface area contributed by atoms with Gasteiger partial charge in [0.05, 0.1) is 28.2 Å². The molecule has 31 heavy (non-hydrogen) atoms. The van der Waals surface area contributed by atoms with Crippen LogP contribution < -0.4 is 19.6 Å². The number of methoxy groups -OCH3 is 1. The second-order valence-electron chi connectivity index (χ2n) is 6.65. The summed E-state index contributed by atoms with van der Waals surface area (Å²) < 4.78 is 31.4. The molecule has 8 nitrogen and oxygen atoms in total. The smallest absolute Gasteiger partial charge is 0.289 e. The fourth-order valence-electron chi connectivity index (χ4n) is 3.26. The van der Waals surface area contributed by atoms with E-state index in [1.165, 1.54) is 19.4 Å². The average Bonchev–Trinajstić information content (AvgIpc) is 3.38. The SMILES string of the molecule is COc1c(Br)c([C@H]2ON=C(C(=O)N/N=C\c3ccccc3F)[C@H]2C)c(Br)c2c1OCO2. The fourth-order valence-corrected chi connectivity index (χ4v) is 5.01. The molecule has 2 aromatic carbocycles. The number of halogens is 3. The topological polar surface area (TPSA) is 90.7 Å². The van der Waals surface area contributed by atoms with Gasteiger partial charge < -0.3 is 19.0 Å². The highest BCUT2D eigenvalue weighted by molar-refractivity contribution is 9.11. The molecule has 0 bridgehead atoms. The Morgan fingerprint density at radius 2 is 2.03 bits per heavy atom. The molecule has 0 aromatic heterocycles. The van der Waals surface area contributed by atoms with E-state index in [2.05, 4.69) is 47.5 Å². The fraction of sp³-hybridized carbons (Fsp3) is 0.250. The molecule has 2 aromatic rings. The highest BCUT2D eigenvalue weighted by atomic mass is 79.9. The second-order valence-corrected chi connectivity index (χ2v) is 8.24. The van der Waals surface area contributed by atoms with Crippen molar-refractivity contribution in [1.82, 2.24) is 5.43 Å². The first kappa shape index (κ1) is 21.6. The number of fused-ring (bicyclic) bond motifs is 1. The zero-order valence-corrected chi connectivity index (χ0v) is 19.5. The van der Waals surface area contributed by atoms with Crippen molar-refractivity contribution in [2.45, 2.75) is 13.0 Å². The van der Waals surface area contributed by atoms with Gasteiger partial charge in [0.1, 0.15) is 5.82 Å².